The lowest BCUT2D eigenvalue weighted by Gasteiger charge is -2.13. The minimum atomic E-state index is -3.18. The summed E-state index contributed by atoms with van der Waals surface area (Å²) in [5, 5.41) is 7.12. The zero-order chi connectivity index (χ0) is 24.1. The Hall–Kier alpha value is -2.56. The van der Waals surface area contributed by atoms with Crippen molar-refractivity contribution >= 4 is 40.3 Å². The van der Waals surface area contributed by atoms with Crippen LogP contribution in [0.4, 0.5) is 17.6 Å². The molecule has 0 saturated carbocycles. The standard InChI is InChI=1S/C21H17Cl2F4N3O2S/c1-3-28-21-30(17(10-33-21)12-4-7-15(22)16(23)8-12)29-11(2)14-6-5-13(31-19(24)25)9-18(14)32-20(26)27/h4-10,19-20H,3H2,1-2H3. The van der Waals surface area contributed by atoms with Crippen LogP contribution in [0.5, 0.6) is 11.5 Å². The molecule has 3 aromatic rings. The predicted octanol–water partition coefficient (Wildman–Crippen LogP) is 6.92. The maximum atomic E-state index is 13.0. The number of aromatic nitrogens is 1. The van der Waals surface area contributed by atoms with Gasteiger partial charge < -0.3 is 9.47 Å². The molecule has 12 heteroatoms. The predicted molar refractivity (Wildman–Crippen MR) is 121 cm³/mol. The zero-order valence-electron chi connectivity index (χ0n) is 17.2. The molecule has 3 rings (SSSR count). The summed E-state index contributed by atoms with van der Waals surface area (Å²) in [6.07, 6.45) is 0. The Morgan fingerprint density at radius 1 is 1.03 bits per heavy atom. The highest BCUT2D eigenvalue weighted by atomic mass is 35.5. The molecule has 0 atom stereocenters. The van der Waals surface area contributed by atoms with Crippen LogP contribution in [0.3, 0.4) is 0 Å². The maximum absolute atomic E-state index is 13.0. The topological polar surface area (TPSA) is 48.1 Å². The minimum absolute atomic E-state index is 0.165. The lowest BCUT2D eigenvalue weighted by Crippen LogP contribution is -2.15. The van der Waals surface area contributed by atoms with Crippen LogP contribution in [-0.4, -0.2) is 30.2 Å². The number of alkyl halides is 4. The van der Waals surface area contributed by atoms with Crippen molar-refractivity contribution in [3.05, 3.63) is 62.2 Å². The fraction of sp³-hybridized carbons (Fsp3) is 0.238. The number of ether oxygens (including phenoxy) is 2. The molecule has 1 heterocycles. The third kappa shape index (κ3) is 6.27. The van der Waals surface area contributed by atoms with Gasteiger partial charge in [0.1, 0.15) is 11.5 Å². The average molecular weight is 522 g/mol. The van der Waals surface area contributed by atoms with Gasteiger partial charge in [0.15, 0.2) is 0 Å². The molecule has 0 saturated heterocycles. The molecule has 0 amide bonds. The molecule has 2 aromatic carbocycles. The molecule has 176 valence electrons. The Kier molecular flexibility index (Phi) is 8.39. The summed E-state index contributed by atoms with van der Waals surface area (Å²) >= 11 is 13.5. The first-order valence-electron chi connectivity index (χ1n) is 9.45. The van der Waals surface area contributed by atoms with E-state index in [1.54, 1.807) is 29.8 Å². The van der Waals surface area contributed by atoms with Crippen LogP contribution in [-0.2, 0) is 0 Å². The summed E-state index contributed by atoms with van der Waals surface area (Å²) in [7, 11) is 0. The van der Waals surface area contributed by atoms with E-state index >= 15 is 0 Å². The summed E-state index contributed by atoms with van der Waals surface area (Å²) in [5.74, 6) is -0.677. The Morgan fingerprint density at radius 2 is 1.76 bits per heavy atom. The third-order valence-electron chi connectivity index (χ3n) is 4.23. The van der Waals surface area contributed by atoms with Crippen molar-refractivity contribution in [1.29, 1.82) is 0 Å². The van der Waals surface area contributed by atoms with E-state index < -0.39 is 13.2 Å². The number of nitrogens with zero attached hydrogens (tertiary/aromatic N) is 3. The molecule has 0 aliphatic heterocycles. The van der Waals surface area contributed by atoms with Gasteiger partial charge in [0.25, 0.3) is 0 Å². The number of thiazole rings is 1. The molecule has 33 heavy (non-hydrogen) atoms. The van der Waals surface area contributed by atoms with Crippen LogP contribution >= 0.6 is 34.5 Å². The molecule has 0 radical (unpaired) electrons. The Labute approximate surface area is 200 Å². The molecule has 0 fully saturated rings. The fourth-order valence-electron chi connectivity index (χ4n) is 2.87. The summed E-state index contributed by atoms with van der Waals surface area (Å²) in [5.41, 5.74) is 1.78. The van der Waals surface area contributed by atoms with Gasteiger partial charge in [0.2, 0.25) is 4.80 Å². The van der Waals surface area contributed by atoms with Gasteiger partial charge in [-0.3, -0.25) is 4.99 Å². The van der Waals surface area contributed by atoms with Crippen molar-refractivity contribution in [2.24, 2.45) is 10.1 Å². The van der Waals surface area contributed by atoms with E-state index in [1.165, 1.54) is 23.5 Å². The van der Waals surface area contributed by atoms with Crippen LogP contribution in [0.15, 0.2) is 51.9 Å². The van der Waals surface area contributed by atoms with Crippen LogP contribution in [0, 0.1) is 0 Å². The molecular formula is C21H17Cl2F4N3O2S. The highest BCUT2D eigenvalue weighted by Gasteiger charge is 2.17. The van der Waals surface area contributed by atoms with E-state index in [-0.39, 0.29) is 22.8 Å². The molecule has 1 aromatic heterocycles. The van der Waals surface area contributed by atoms with Crippen LogP contribution in [0.2, 0.25) is 10.0 Å². The number of hydrogen-bond donors (Lipinski definition) is 0. The Balaban J connectivity index is 2.13. The first-order chi connectivity index (χ1) is 15.7. The van der Waals surface area contributed by atoms with Crippen LogP contribution in [0.25, 0.3) is 11.3 Å². The van der Waals surface area contributed by atoms with Gasteiger partial charge in [-0.1, -0.05) is 29.3 Å². The highest BCUT2D eigenvalue weighted by molar-refractivity contribution is 7.07. The minimum Gasteiger partial charge on any atom is -0.435 e. The van der Waals surface area contributed by atoms with E-state index in [1.807, 2.05) is 12.3 Å². The largest absolute Gasteiger partial charge is 0.435 e. The van der Waals surface area contributed by atoms with Crippen molar-refractivity contribution in [2.45, 2.75) is 27.1 Å². The van der Waals surface area contributed by atoms with Gasteiger partial charge in [-0.15, -0.1) is 11.3 Å². The molecule has 5 nitrogen and oxygen atoms in total. The number of rotatable bonds is 8. The molecule has 0 N–H and O–H groups in total. The van der Waals surface area contributed by atoms with Gasteiger partial charge in [-0.25, -0.2) is 4.68 Å². The van der Waals surface area contributed by atoms with Crippen molar-refractivity contribution in [1.82, 2.24) is 4.68 Å². The fourth-order valence-corrected chi connectivity index (χ4v) is 4.06. The van der Waals surface area contributed by atoms with Gasteiger partial charge >= 0.3 is 13.2 Å². The van der Waals surface area contributed by atoms with E-state index in [4.69, 9.17) is 23.2 Å². The molecular weight excluding hydrogens is 505 g/mol. The van der Waals surface area contributed by atoms with E-state index in [0.29, 0.717) is 32.6 Å². The second kappa shape index (κ2) is 11.0. The first-order valence-corrected chi connectivity index (χ1v) is 11.1. The molecule has 0 bridgehead atoms. The van der Waals surface area contributed by atoms with E-state index in [0.717, 1.165) is 6.07 Å². The highest BCUT2D eigenvalue weighted by Crippen LogP contribution is 2.30. The molecule has 0 aliphatic rings. The molecule has 0 aliphatic carbocycles. The normalized spacial score (nSPS) is 12.7. The second-order valence-corrected chi connectivity index (χ2v) is 8.07. The maximum Gasteiger partial charge on any atom is 0.387 e. The summed E-state index contributed by atoms with van der Waals surface area (Å²) in [6.45, 7) is -2.38. The summed E-state index contributed by atoms with van der Waals surface area (Å²) in [6, 6.07) is 8.57. The smallest absolute Gasteiger partial charge is 0.387 e. The quantitative estimate of drug-likeness (QED) is 0.238. The van der Waals surface area contributed by atoms with E-state index in [2.05, 4.69) is 19.6 Å². The van der Waals surface area contributed by atoms with Crippen molar-refractivity contribution < 1.29 is 27.0 Å². The van der Waals surface area contributed by atoms with Crippen molar-refractivity contribution in [2.75, 3.05) is 6.54 Å². The van der Waals surface area contributed by atoms with Crippen molar-refractivity contribution in [3.8, 4) is 22.8 Å². The number of halogens is 6. The number of hydrogen-bond acceptors (Lipinski definition) is 5. The van der Waals surface area contributed by atoms with Gasteiger partial charge in [-0.2, -0.15) is 22.7 Å². The lowest BCUT2D eigenvalue weighted by molar-refractivity contribution is -0.0543. The molecule has 0 unspecified atom stereocenters. The summed E-state index contributed by atoms with van der Waals surface area (Å²) < 4.78 is 61.4. The first kappa shape index (κ1) is 25.1. The Morgan fingerprint density at radius 3 is 2.39 bits per heavy atom. The SMILES string of the molecule is CCN=c1scc(-c2ccc(Cl)c(Cl)c2)n1N=C(C)c1ccc(OC(F)F)cc1OC(F)F. The van der Waals surface area contributed by atoms with Gasteiger partial charge in [-0.05, 0) is 38.1 Å². The summed E-state index contributed by atoms with van der Waals surface area (Å²) in [4.78, 5) is 4.97. The van der Waals surface area contributed by atoms with Crippen molar-refractivity contribution in [3.63, 3.8) is 0 Å². The van der Waals surface area contributed by atoms with Gasteiger partial charge in [0, 0.05) is 29.1 Å². The number of benzene rings is 2. The van der Waals surface area contributed by atoms with Crippen LogP contribution in [0.1, 0.15) is 19.4 Å². The molecule has 0 spiro atoms. The monoisotopic (exact) mass is 521 g/mol. The lowest BCUT2D eigenvalue weighted by atomic mass is 10.1. The third-order valence-corrected chi connectivity index (χ3v) is 5.82. The second-order valence-electron chi connectivity index (χ2n) is 6.42. The van der Waals surface area contributed by atoms with Crippen LogP contribution < -0.4 is 14.3 Å². The Bertz CT molecular complexity index is 1230. The van der Waals surface area contributed by atoms with Gasteiger partial charge in [0.05, 0.1) is 21.5 Å². The average Bonchev–Trinajstić information content (AvgIpc) is 3.12. The zero-order valence-corrected chi connectivity index (χ0v) is 19.6. The van der Waals surface area contributed by atoms with E-state index in [9.17, 15) is 17.6 Å².